The maximum absolute atomic E-state index is 13.6. The number of likely N-dealkylation sites (N-methyl/N-ethyl adjacent to an activating group) is 1. The van der Waals surface area contributed by atoms with Crippen LogP contribution < -0.4 is 10.6 Å². The fourth-order valence-electron chi connectivity index (χ4n) is 6.92. The van der Waals surface area contributed by atoms with Gasteiger partial charge in [0.2, 0.25) is 11.8 Å². The van der Waals surface area contributed by atoms with E-state index >= 15 is 0 Å². The summed E-state index contributed by atoms with van der Waals surface area (Å²) in [5.74, 6) is -0.982. The topological polar surface area (TPSA) is 123 Å². The summed E-state index contributed by atoms with van der Waals surface area (Å²) in [5.41, 5.74) is 1.15. The van der Waals surface area contributed by atoms with Crippen LogP contribution in [0.3, 0.4) is 0 Å². The van der Waals surface area contributed by atoms with E-state index in [4.69, 9.17) is 25.8 Å². The monoisotopic (exact) mass is 689 g/mol. The number of amides is 3. The SMILES string of the molecule is CO[C@@H]1/C=C/C=C(\C)Cc2ccc(Cl)c(c2)NC(=O)C[C@H](OC(=O)[C@H](C)N(C)C(=O)CCS)C2(C)CC2[C@H](C)C2C[C@@]1(C)NC(=O)O2. The van der Waals surface area contributed by atoms with Gasteiger partial charge in [-0.1, -0.05) is 55.3 Å². The van der Waals surface area contributed by atoms with Gasteiger partial charge in [0.1, 0.15) is 18.2 Å². The standard InChI is InChI=1S/C35H48ClN3O7S/c1-20-9-8-10-28(44-7)35(5)19-27(45-33(43)38-35)21(2)24-18-34(24,4)29(46-32(42)22(3)39(6)31(41)13-14-47)17-30(40)37-26-16-23(15-20)11-12-25(26)36/h8-12,16,21-22,24,27-29,47H,13-15,17-19H2,1-7H3,(H,37,40)(H,38,43)/b10-8+,20-9+/t21-,22-,24?,27?,28+,29-,34?,35+/m0/s1. The number of allylic oxidation sites excluding steroid dienone is 3. The van der Waals surface area contributed by atoms with Crippen LogP contribution in [0.1, 0.15) is 65.9 Å². The van der Waals surface area contributed by atoms with Gasteiger partial charge in [-0.15, -0.1) is 0 Å². The van der Waals surface area contributed by atoms with Gasteiger partial charge in [0, 0.05) is 32.4 Å². The molecule has 1 saturated carbocycles. The molecule has 47 heavy (non-hydrogen) atoms. The summed E-state index contributed by atoms with van der Waals surface area (Å²) < 4.78 is 17.8. The number of benzene rings is 1. The molecule has 3 unspecified atom stereocenters. The molecule has 4 bridgehead atoms. The van der Waals surface area contributed by atoms with Crippen molar-refractivity contribution in [1.29, 1.82) is 0 Å². The Morgan fingerprint density at radius 1 is 1.23 bits per heavy atom. The molecule has 2 heterocycles. The van der Waals surface area contributed by atoms with Crippen LogP contribution in [0.25, 0.3) is 0 Å². The Balaban J connectivity index is 1.70. The number of thiol groups is 1. The van der Waals surface area contributed by atoms with Crippen molar-refractivity contribution >= 4 is 53.8 Å². The molecule has 3 aliphatic rings. The molecular formula is C35H48ClN3O7S. The number of fused-ring (bicyclic) bond motifs is 5. The number of anilines is 1. The maximum atomic E-state index is 13.6. The molecule has 8 atom stereocenters. The lowest BCUT2D eigenvalue weighted by molar-refractivity contribution is -0.162. The molecule has 4 rings (SSSR count). The predicted octanol–water partition coefficient (Wildman–Crippen LogP) is 5.74. The molecule has 0 spiro atoms. The average Bonchev–Trinajstić information content (AvgIpc) is 3.70. The van der Waals surface area contributed by atoms with Crippen LogP contribution in [0.5, 0.6) is 0 Å². The highest BCUT2D eigenvalue weighted by Crippen LogP contribution is 2.61. The first kappa shape index (κ1) is 36.8. The zero-order chi connectivity index (χ0) is 34.7. The average molecular weight is 690 g/mol. The van der Waals surface area contributed by atoms with Crippen molar-refractivity contribution < 1.29 is 33.4 Å². The number of carbonyl (C=O) groups excluding carboxylic acids is 4. The van der Waals surface area contributed by atoms with Crippen LogP contribution in [-0.2, 0) is 35.0 Å². The van der Waals surface area contributed by atoms with Gasteiger partial charge in [0.05, 0.1) is 28.8 Å². The van der Waals surface area contributed by atoms with Gasteiger partial charge in [0.25, 0.3) is 0 Å². The predicted molar refractivity (Wildman–Crippen MR) is 184 cm³/mol. The van der Waals surface area contributed by atoms with E-state index in [1.807, 2.05) is 58.1 Å². The molecular weight excluding hydrogens is 642 g/mol. The van der Waals surface area contributed by atoms with E-state index in [9.17, 15) is 19.2 Å². The van der Waals surface area contributed by atoms with Crippen molar-refractivity contribution in [2.75, 3.05) is 25.2 Å². The Morgan fingerprint density at radius 3 is 2.64 bits per heavy atom. The molecule has 0 aromatic heterocycles. The summed E-state index contributed by atoms with van der Waals surface area (Å²) in [4.78, 5) is 53.9. The van der Waals surface area contributed by atoms with Gasteiger partial charge in [0.15, 0.2) is 0 Å². The van der Waals surface area contributed by atoms with Crippen molar-refractivity contribution in [2.24, 2.45) is 17.3 Å². The van der Waals surface area contributed by atoms with Crippen molar-refractivity contribution in [1.82, 2.24) is 10.2 Å². The Bertz CT molecular complexity index is 1440. The molecule has 1 saturated heterocycles. The second-order valence-corrected chi connectivity index (χ2v) is 14.6. The zero-order valence-electron chi connectivity index (χ0n) is 28.3. The largest absolute Gasteiger partial charge is 0.460 e. The van der Waals surface area contributed by atoms with Crippen LogP contribution in [0, 0.1) is 17.3 Å². The van der Waals surface area contributed by atoms with E-state index in [-0.39, 0.29) is 36.5 Å². The molecule has 1 aromatic rings. The van der Waals surface area contributed by atoms with Crippen molar-refractivity contribution in [2.45, 2.75) is 96.6 Å². The lowest BCUT2D eigenvalue weighted by Gasteiger charge is -2.44. The number of hydrogen-bond donors (Lipinski definition) is 3. The number of halogens is 1. The fraction of sp³-hybridized carbons (Fsp3) is 0.600. The number of carbonyl (C=O) groups is 4. The zero-order valence-corrected chi connectivity index (χ0v) is 30.0. The molecule has 0 radical (unpaired) electrons. The highest BCUT2D eigenvalue weighted by Gasteiger charge is 2.61. The molecule has 1 aliphatic carbocycles. The summed E-state index contributed by atoms with van der Waals surface area (Å²) >= 11 is 10.6. The number of hydrogen-bond acceptors (Lipinski definition) is 8. The summed E-state index contributed by atoms with van der Waals surface area (Å²) in [5, 5.41) is 6.31. The number of methoxy groups -OCH3 is 1. The molecule has 12 heteroatoms. The third-order valence-electron chi connectivity index (χ3n) is 10.2. The first-order valence-electron chi connectivity index (χ1n) is 16.1. The normalized spacial score (nSPS) is 33.5. The van der Waals surface area contributed by atoms with Gasteiger partial charge >= 0.3 is 12.1 Å². The number of esters is 1. The summed E-state index contributed by atoms with van der Waals surface area (Å²) in [6.07, 6.45) is 5.47. The minimum absolute atomic E-state index is 0.0248. The van der Waals surface area contributed by atoms with Crippen LogP contribution in [0.2, 0.25) is 5.02 Å². The van der Waals surface area contributed by atoms with E-state index in [1.165, 1.54) is 4.90 Å². The van der Waals surface area contributed by atoms with E-state index in [2.05, 4.69) is 23.3 Å². The number of nitrogens with zero attached hydrogens (tertiary/aromatic N) is 1. The minimum atomic E-state index is -0.867. The first-order valence-corrected chi connectivity index (χ1v) is 17.1. The Kier molecular flexibility index (Phi) is 11.8. The van der Waals surface area contributed by atoms with Crippen LogP contribution in [0.15, 0.2) is 42.0 Å². The Hall–Kier alpha value is -3.02. The summed E-state index contributed by atoms with van der Waals surface area (Å²) in [6.45, 7) is 9.59. The number of ether oxygens (including phenoxy) is 3. The van der Waals surface area contributed by atoms with Crippen molar-refractivity contribution in [3.8, 4) is 0 Å². The number of rotatable bonds is 6. The van der Waals surface area contributed by atoms with Gasteiger partial charge in [-0.25, -0.2) is 9.59 Å². The number of nitrogens with one attached hydrogen (secondary N) is 2. The minimum Gasteiger partial charge on any atom is -0.460 e. The third-order valence-corrected chi connectivity index (χ3v) is 10.7. The second-order valence-electron chi connectivity index (χ2n) is 13.7. The fourth-order valence-corrected chi connectivity index (χ4v) is 7.27. The van der Waals surface area contributed by atoms with Gasteiger partial charge in [-0.3, -0.25) is 9.59 Å². The molecule has 258 valence electrons. The van der Waals surface area contributed by atoms with E-state index in [0.717, 1.165) is 11.1 Å². The molecule has 10 nitrogen and oxygen atoms in total. The van der Waals surface area contributed by atoms with Gasteiger partial charge in [-0.05, 0) is 68.9 Å². The van der Waals surface area contributed by atoms with Crippen LogP contribution >= 0.6 is 24.2 Å². The lowest BCUT2D eigenvalue weighted by Crippen LogP contribution is -2.61. The molecule has 2 aliphatic heterocycles. The third kappa shape index (κ3) is 8.53. The highest BCUT2D eigenvalue weighted by molar-refractivity contribution is 7.80. The first-order chi connectivity index (χ1) is 22.1. The quantitative estimate of drug-likeness (QED) is 0.257. The Morgan fingerprint density at radius 2 is 1.96 bits per heavy atom. The Labute approximate surface area is 288 Å². The molecule has 2 N–H and O–H groups in total. The lowest BCUT2D eigenvalue weighted by atomic mass is 9.79. The molecule has 3 amide bonds. The smallest absolute Gasteiger partial charge is 0.407 e. The number of alkyl carbamates (subject to hydrolysis) is 1. The van der Waals surface area contributed by atoms with Crippen LogP contribution in [-0.4, -0.2) is 78.6 Å². The molecule has 2 fully saturated rings. The van der Waals surface area contributed by atoms with Crippen LogP contribution in [0.4, 0.5) is 10.5 Å². The van der Waals surface area contributed by atoms with Crippen molar-refractivity contribution in [3.63, 3.8) is 0 Å². The van der Waals surface area contributed by atoms with E-state index in [0.29, 0.717) is 35.7 Å². The van der Waals surface area contributed by atoms with Crippen molar-refractivity contribution in [3.05, 3.63) is 52.6 Å². The highest BCUT2D eigenvalue weighted by atomic mass is 35.5. The molecule has 1 aromatic carbocycles. The summed E-state index contributed by atoms with van der Waals surface area (Å²) in [6, 6.07) is 4.64. The van der Waals surface area contributed by atoms with E-state index in [1.54, 1.807) is 27.1 Å². The second kappa shape index (κ2) is 15.0. The van der Waals surface area contributed by atoms with E-state index < -0.39 is 47.4 Å². The summed E-state index contributed by atoms with van der Waals surface area (Å²) in [7, 11) is 3.17. The van der Waals surface area contributed by atoms with Gasteiger partial charge < -0.3 is 29.7 Å². The maximum Gasteiger partial charge on any atom is 0.407 e. The van der Waals surface area contributed by atoms with Gasteiger partial charge in [-0.2, -0.15) is 12.6 Å².